The lowest BCUT2D eigenvalue weighted by Gasteiger charge is -2.41. The highest BCUT2D eigenvalue weighted by atomic mass is 35.5. The van der Waals surface area contributed by atoms with Crippen molar-refractivity contribution in [2.24, 2.45) is 0 Å². The smallest absolute Gasteiger partial charge is 0.163 e. The number of benzene rings is 2. The number of fused-ring (bicyclic) bond motifs is 1. The van der Waals surface area contributed by atoms with Gasteiger partial charge in [-0.25, -0.2) is 0 Å². The molecule has 1 aliphatic carbocycles. The highest BCUT2D eigenvalue weighted by Gasteiger charge is 2.44. The van der Waals surface area contributed by atoms with Gasteiger partial charge in [-0.3, -0.25) is 0 Å². The predicted octanol–water partition coefficient (Wildman–Crippen LogP) is 3.28. The summed E-state index contributed by atoms with van der Waals surface area (Å²) in [5.74, 6) is 0.710. The first-order chi connectivity index (χ1) is 16.5. The molecule has 2 aromatic carbocycles. The molecule has 2 heterocycles. The first-order valence-corrected chi connectivity index (χ1v) is 12.3. The van der Waals surface area contributed by atoms with Gasteiger partial charge in [0.25, 0.3) is 0 Å². The third-order valence-electron chi connectivity index (χ3n) is 6.80. The maximum atomic E-state index is 10.8. The molecular weight excluding hydrogens is 456 g/mol. The Bertz CT molecular complexity index is 1130. The second-order valence-electron chi connectivity index (χ2n) is 9.21. The van der Waals surface area contributed by atoms with Gasteiger partial charge in [0, 0.05) is 11.6 Å². The molecule has 0 bridgehead atoms. The van der Waals surface area contributed by atoms with Crippen molar-refractivity contribution < 1.29 is 24.9 Å². The molecule has 0 spiro atoms. The molecule has 7 nitrogen and oxygen atoms in total. The van der Waals surface area contributed by atoms with Crippen LogP contribution in [0.4, 0.5) is 0 Å². The van der Waals surface area contributed by atoms with Crippen LogP contribution in [0, 0.1) is 0 Å². The van der Waals surface area contributed by atoms with Crippen LogP contribution >= 0.6 is 11.6 Å². The fraction of sp³-hybridized carbons (Fsp3) is 0.462. The van der Waals surface area contributed by atoms with Crippen LogP contribution in [-0.2, 0) is 16.0 Å². The summed E-state index contributed by atoms with van der Waals surface area (Å²) >= 11 is 6.62. The van der Waals surface area contributed by atoms with Gasteiger partial charge in [-0.1, -0.05) is 41.9 Å². The molecule has 1 aliphatic heterocycles. The van der Waals surface area contributed by atoms with Crippen LogP contribution in [0.5, 0.6) is 0 Å². The number of hydrogen-bond acceptors (Lipinski definition) is 6. The molecule has 0 amide bonds. The van der Waals surface area contributed by atoms with Crippen molar-refractivity contribution in [3.05, 3.63) is 70.4 Å². The quantitative estimate of drug-likeness (QED) is 0.288. The van der Waals surface area contributed by atoms with E-state index in [1.807, 2.05) is 35.9 Å². The van der Waals surface area contributed by atoms with E-state index in [-0.39, 0.29) is 6.54 Å². The van der Waals surface area contributed by atoms with Crippen LogP contribution in [0.25, 0.3) is 10.9 Å². The molecule has 1 saturated carbocycles. The van der Waals surface area contributed by atoms with E-state index in [0.717, 1.165) is 16.5 Å². The van der Waals surface area contributed by atoms with Crippen LogP contribution in [-0.4, -0.2) is 57.5 Å². The van der Waals surface area contributed by atoms with E-state index in [1.54, 1.807) is 0 Å². The van der Waals surface area contributed by atoms with Gasteiger partial charge in [0.1, 0.15) is 24.4 Å². The summed E-state index contributed by atoms with van der Waals surface area (Å²) in [6.45, 7) is 2.45. The van der Waals surface area contributed by atoms with E-state index in [2.05, 4.69) is 29.7 Å². The van der Waals surface area contributed by atoms with Crippen LogP contribution in [0.2, 0.25) is 5.02 Å². The van der Waals surface area contributed by atoms with Crippen molar-refractivity contribution in [2.45, 2.75) is 62.7 Å². The molecule has 1 saturated heterocycles. The van der Waals surface area contributed by atoms with Crippen molar-refractivity contribution in [1.82, 2.24) is 10.0 Å². The minimum absolute atomic E-state index is 0.162. The van der Waals surface area contributed by atoms with Crippen molar-refractivity contribution in [2.75, 3.05) is 13.2 Å². The summed E-state index contributed by atoms with van der Waals surface area (Å²) < 4.78 is 7.90. The molecule has 182 valence electrons. The average molecular weight is 487 g/mol. The zero-order valence-corrected chi connectivity index (χ0v) is 19.9. The Kier molecular flexibility index (Phi) is 6.95. The first-order valence-electron chi connectivity index (χ1n) is 11.9. The lowest BCUT2D eigenvalue weighted by Crippen LogP contribution is -2.57. The van der Waals surface area contributed by atoms with Crippen molar-refractivity contribution in [3.63, 3.8) is 0 Å². The summed E-state index contributed by atoms with van der Waals surface area (Å²) in [6, 6.07) is 14.3. The fourth-order valence-electron chi connectivity index (χ4n) is 4.81. The van der Waals surface area contributed by atoms with Crippen LogP contribution in [0.3, 0.4) is 0 Å². The SMILES string of the molecule is CCONC[C@H]1O[C@@H](n2cc(Cc3ccc(C4CC4)cc3)c3c(Cl)cccc32)[C@H](O)[C@@H](O)[C@@H]1O. The average Bonchev–Trinajstić information content (AvgIpc) is 3.62. The molecule has 2 aliphatic rings. The Labute approximate surface area is 203 Å². The fourth-order valence-corrected chi connectivity index (χ4v) is 5.10. The lowest BCUT2D eigenvalue weighted by molar-refractivity contribution is -0.246. The molecule has 5 rings (SSSR count). The summed E-state index contributed by atoms with van der Waals surface area (Å²) in [5.41, 5.74) is 7.09. The monoisotopic (exact) mass is 486 g/mol. The van der Waals surface area contributed by atoms with Crippen molar-refractivity contribution in [1.29, 1.82) is 0 Å². The van der Waals surface area contributed by atoms with Gasteiger partial charge in [0.05, 0.1) is 23.7 Å². The Morgan fingerprint density at radius 2 is 1.82 bits per heavy atom. The molecule has 34 heavy (non-hydrogen) atoms. The molecule has 4 N–H and O–H groups in total. The lowest BCUT2D eigenvalue weighted by atomic mass is 9.98. The second-order valence-corrected chi connectivity index (χ2v) is 9.61. The van der Waals surface area contributed by atoms with E-state index in [9.17, 15) is 15.3 Å². The zero-order valence-electron chi connectivity index (χ0n) is 19.1. The topological polar surface area (TPSA) is 96.1 Å². The number of rotatable bonds is 8. The maximum absolute atomic E-state index is 10.8. The number of ether oxygens (including phenoxy) is 1. The number of nitrogens with zero attached hydrogens (tertiary/aromatic N) is 1. The molecule has 0 unspecified atom stereocenters. The summed E-state index contributed by atoms with van der Waals surface area (Å²) in [5, 5.41) is 33.3. The van der Waals surface area contributed by atoms with Crippen molar-refractivity contribution in [3.8, 4) is 0 Å². The van der Waals surface area contributed by atoms with Gasteiger partial charge >= 0.3 is 0 Å². The third kappa shape index (κ3) is 4.62. The van der Waals surface area contributed by atoms with Gasteiger partial charge < -0.3 is 29.5 Å². The molecule has 0 radical (unpaired) electrons. The minimum Gasteiger partial charge on any atom is -0.388 e. The Morgan fingerprint density at radius 3 is 2.53 bits per heavy atom. The first kappa shape index (κ1) is 23.8. The molecule has 8 heteroatoms. The number of hydroxylamine groups is 1. The summed E-state index contributed by atoms with van der Waals surface area (Å²) in [6.07, 6.45) is -0.488. The van der Waals surface area contributed by atoms with E-state index in [0.29, 0.717) is 24.0 Å². The largest absolute Gasteiger partial charge is 0.388 e. The molecule has 1 aromatic heterocycles. The van der Waals surface area contributed by atoms with Gasteiger partial charge in [-0.2, -0.15) is 5.48 Å². The van der Waals surface area contributed by atoms with E-state index >= 15 is 0 Å². The van der Waals surface area contributed by atoms with Gasteiger partial charge in [-0.15, -0.1) is 0 Å². The van der Waals surface area contributed by atoms with E-state index in [1.165, 1.54) is 24.0 Å². The van der Waals surface area contributed by atoms with Crippen LogP contribution in [0.1, 0.15) is 48.6 Å². The van der Waals surface area contributed by atoms with Gasteiger partial charge in [0.15, 0.2) is 6.23 Å². The molecule has 2 fully saturated rings. The Hall–Kier alpha value is -1.97. The highest BCUT2D eigenvalue weighted by Crippen LogP contribution is 2.40. The standard InChI is InChI=1S/C26H31ClN2O5/c1-2-33-28-13-21-23(30)24(31)25(32)26(34-21)29-14-18(22-19(27)4-3-5-20(22)29)12-15-6-8-16(9-7-15)17-10-11-17/h3-9,14,17,21,23-26,28,30-32H,2,10-13H2,1H3/t21-,23-,24+,25-,26-/m1/s1. The predicted molar refractivity (Wildman–Crippen MR) is 130 cm³/mol. The number of aliphatic hydroxyl groups is 3. The normalized spacial score (nSPS) is 27.4. The number of nitrogens with one attached hydrogen (secondary N) is 1. The highest BCUT2D eigenvalue weighted by molar-refractivity contribution is 6.35. The van der Waals surface area contributed by atoms with Gasteiger partial charge in [0.2, 0.25) is 0 Å². The van der Waals surface area contributed by atoms with E-state index in [4.69, 9.17) is 21.2 Å². The summed E-state index contributed by atoms with van der Waals surface area (Å²) in [7, 11) is 0. The maximum Gasteiger partial charge on any atom is 0.163 e. The number of aliphatic hydroxyl groups excluding tert-OH is 3. The third-order valence-corrected chi connectivity index (χ3v) is 7.12. The number of halogens is 1. The second kappa shape index (κ2) is 9.95. The van der Waals surface area contributed by atoms with Crippen LogP contribution in [0.15, 0.2) is 48.7 Å². The zero-order chi connectivity index (χ0) is 23.8. The summed E-state index contributed by atoms with van der Waals surface area (Å²) in [4.78, 5) is 5.16. The van der Waals surface area contributed by atoms with Crippen molar-refractivity contribution >= 4 is 22.5 Å². The molecule has 3 aromatic rings. The molecule has 5 atom stereocenters. The molecular formula is C26H31ClN2O5. The van der Waals surface area contributed by atoms with E-state index < -0.39 is 30.6 Å². The van der Waals surface area contributed by atoms with Gasteiger partial charge in [-0.05, 0) is 60.9 Å². The number of aromatic nitrogens is 1. The number of hydrogen-bond donors (Lipinski definition) is 4. The Balaban J connectivity index is 1.47. The van der Waals surface area contributed by atoms with Crippen LogP contribution < -0.4 is 5.48 Å². The Morgan fingerprint density at radius 1 is 1.06 bits per heavy atom. The minimum atomic E-state index is -1.37.